The van der Waals surface area contributed by atoms with Crippen LogP contribution in [0.25, 0.3) is 0 Å². The number of carbonyl (C=O) groups excluding carboxylic acids is 1. The monoisotopic (exact) mass is 295 g/mol. The summed E-state index contributed by atoms with van der Waals surface area (Å²) < 4.78 is 5.31. The van der Waals surface area contributed by atoms with Crippen LogP contribution in [0.4, 0.5) is 0 Å². The van der Waals surface area contributed by atoms with E-state index in [0.717, 1.165) is 0 Å². The van der Waals surface area contributed by atoms with E-state index in [2.05, 4.69) is 15.4 Å². The van der Waals surface area contributed by atoms with Crippen LogP contribution in [-0.4, -0.2) is 21.2 Å². The fraction of sp³-hybridized carbons (Fsp3) is 0.357. The number of hydrogen-bond donors (Lipinski definition) is 1. The van der Waals surface area contributed by atoms with Crippen LogP contribution in [-0.2, 0) is 4.79 Å². The molecular weight excluding hydrogens is 278 g/mol. The molecule has 0 saturated heterocycles. The Hall–Kier alpha value is -1.88. The molecule has 5 nitrogen and oxygen atoms in total. The van der Waals surface area contributed by atoms with Crippen molar-refractivity contribution in [2.75, 3.05) is 0 Å². The van der Waals surface area contributed by atoms with Crippen molar-refractivity contribution in [2.45, 2.75) is 27.2 Å². The smallest absolute Gasteiger partial charge is 0.278 e. The van der Waals surface area contributed by atoms with Gasteiger partial charge in [-0.05, 0) is 12.1 Å². The molecule has 20 heavy (non-hydrogen) atoms. The van der Waals surface area contributed by atoms with E-state index in [0.29, 0.717) is 18.0 Å². The van der Waals surface area contributed by atoms with E-state index >= 15 is 0 Å². The number of ether oxygens (including phenoxy) is 1. The molecule has 2 aromatic rings. The number of hydrogen-bond acceptors (Lipinski definition) is 4. The second-order valence-corrected chi connectivity index (χ2v) is 4.67. The predicted molar refractivity (Wildman–Crippen MR) is 78.0 cm³/mol. The van der Waals surface area contributed by atoms with Crippen LogP contribution in [0, 0.1) is 5.92 Å². The number of nitrogens with zero attached hydrogens (tertiary/aromatic N) is 2. The number of rotatable bonds is 4. The molecule has 1 aromatic carbocycles. The Morgan fingerprint density at radius 3 is 2.35 bits per heavy atom. The van der Waals surface area contributed by atoms with Gasteiger partial charge in [-0.15, -0.1) is 10.2 Å². The van der Waals surface area contributed by atoms with E-state index in [1.54, 1.807) is 0 Å². The Labute approximate surface area is 123 Å². The van der Waals surface area contributed by atoms with Gasteiger partial charge in [0.25, 0.3) is 5.88 Å². The lowest BCUT2D eigenvalue weighted by Gasteiger charge is -1.99. The van der Waals surface area contributed by atoms with E-state index in [4.69, 9.17) is 16.3 Å². The standard InChI is InChI=1S/C8H6ClN3O.C6H12O/c9-7-8(11-12-10-7)13-6-4-2-1-3-5-6;1-4-6(7)5(2)3/h1-5H,(H,10,11,12);5H,4H2,1-3H3. The number of benzene rings is 1. The van der Waals surface area contributed by atoms with Gasteiger partial charge in [0.05, 0.1) is 0 Å². The summed E-state index contributed by atoms with van der Waals surface area (Å²) in [6.45, 7) is 5.74. The largest absolute Gasteiger partial charge is 0.435 e. The first-order valence-electron chi connectivity index (χ1n) is 6.36. The van der Waals surface area contributed by atoms with Crippen LogP contribution in [0.2, 0.25) is 5.15 Å². The van der Waals surface area contributed by atoms with Gasteiger partial charge >= 0.3 is 0 Å². The Bertz CT molecular complexity index is 526. The molecule has 0 aliphatic rings. The van der Waals surface area contributed by atoms with Gasteiger partial charge in [-0.2, -0.15) is 5.21 Å². The molecule has 0 aliphatic carbocycles. The van der Waals surface area contributed by atoms with E-state index in [-0.39, 0.29) is 17.0 Å². The van der Waals surface area contributed by atoms with Gasteiger partial charge in [0.1, 0.15) is 11.5 Å². The number of Topliss-reactive ketones (excluding diaryl/α,β-unsaturated/α-hetero) is 1. The minimum atomic E-state index is 0.226. The zero-order chi connectivity index (χ0) is 15.0. The number of H-pyrrole nitrogens is 1. The number of aromatic amines is 1. The third kappa shape index (κ3) is 5.40. The Kier molecular flexibility index (Phi) is 6.73. The minimum Gasteiger partial charge on any atom is -0.435 e. The summed E-state index contributed by atoms with van der Waals surface area (Å²) in [4.78, 5) is 10.5. The molecule has 1 N–H and O–H groups in total. The highest BCUT2D eigenvalue weighted by Crippen LogP contribution is 2.23. The summed E-state index contributed by atoms with van der Waals surface area (Å²) in [6, 6.07) is 9.25. The predicted octanol–water partition coefficient (Wildman–Crippen LogP) is 3.87. The highest BCUT2D eigenvalue weighted by molar-refractivity contribution is 6.30. The lowest BCUT2D eigenvalue weighted by Crippen LogP contribution is -2.03. The third-order valence-electron chi connectivity index (χ3n) is 2.43. The zero-order valence-corrected chi connectivity index (χ0v) is 12.5. The molecule has 6 heteroatoms. The molecule has 0 fully saturated rings. The molecule has 0 spiro atoms. The first-order chi connectivity index (χ1) is 9.54. The van der Waals surface area contributed by atoms with Gasteiger partial charge < -0.3 is 4.74 Å². The van der Waals surface area contributed by atoms with Crippen molar-refractivity contribution < 1.29 is 9.53 Å². The number of aromatic nitrogens is 3. The number of ketones is 1. The van der Waals surface area contributed by atoms with Crippen LogP contribution in [0.1, 0.15) is 27.2 Å². The Balaban J connectivity index is 0.000000246. The molecule has 1 heterocycles. The summed E-state index contributed by atoms with van der Waals surface area (Å²) in [6.07, 6.45) is 0.678. The summed E-state index contributed by atoms with van der Waals surface area (Å²) in [5.74, 6) is 1.54. The molecule has 0 amide bonds. The number of carbonyl (C=O) groups is 1. The van der Waals surface area contributed by atoms with Crippen LogP contribution >= 0.6 is 11.6 Å². The summed E-state index contributed by atoms with van der Waals surface area (Å²) >= 11 is 5.66. The molecule has 108 valence electrons. The van der Waals surface area contributed by atoms with E-state index in [1.165, 1.54) is 0 Å². The summed E-state index contributed by atoms with van der Waals surface area (Å²) in [5.41, 5.74) is 0. The van der Waals surface area contributed by atoms with Crippen LogP contribution in [0.15, 0.2) is 30.3 Å². The molecule has 0 unspecified atom stereocenters. The fourth-order valence-corrected chi connectivity index (χ4v) is 1.40. The van der Waals surface area contributed by atoms with Crippen molar-refractivity contribution in [2.24, 2.45) is 5.92 Å². The number of halogens is 1. The van der Waals surface area contributed by atoms with Crippen LogP contribution in [0.5, 0.6) is 11.6 Å². The summed E-state index contributed by atoms with van der Waals surface area (Å²) in [5, 5.41) is 9.92. The van der Waals surface area contributed by atoms with Crippen molar-refractivity contribution in [1.82, 2.24) is 15.4 Å². The van der Waals surface area contributed by atoms with Crippen LogP contribution in [0.3, 0.4) is 0 Å². The fourth-order valence-electron chi connectivity index (χ4n) is 1.28. The zero-order valence-electron chi connectivity index (χ0n) is 11.8. The topological polar surface area (TPSA) is 67.9 Å². The maximum Gasteiger partial charge on any atom is 0.278 e. The van der Waals surface area contributed by atoms with Crippen molar-refractivity contribution in [3.05, 3.63) is 35.5 Å². The van der Waals surface area contributed by atoms with Gasteiger partial charge in [0.2, 0.25) is 5.15 Å². The normalized spacial score (nSPS) is 9.85. The second kappa shape index (κ2) is 8.32. The van der Waals surface area contributed by atoms with Gasteiger partial charge in [-0.25, -0.2) is 0 Å². The Morgan fingerprint density at radius 1 is 1.30 bits per heavy atom. The van der Waals surface area contributed by atoms with Gasteiger partial charge in [-0.1, -0.05) is 50.6 Å². The Morgan fingerprint density at radius 2 is 1.95 bits per heavy atom. The molecular formula is C14H18ClN3O2. The van der Waals surface area contributed by atoms with Gasteiger partial charge in [0, 0.05) is 12.3 Å². The number of nitrogens with one attached hydrogen (secondary N) is 1. The maximum absolute atomic E-state index is 10.5. The van der Waals surface area contributed by atoms with E-state index in [1.807, 2.05) is 51.1 Å². The maximum atomic E-state index is 10.5. The van der Waals surface area contributed by atoms with Crippen molar-refractivity contribution in [3.63, 3.8) is 0 Å². The SMILES string of the molecule is CCC(=O)C(C)C.Clc1n[nH]nc1Oc1ccccc1. The minimum absolute atomic E-state index is 0.226. The lowest BCUT2D eigenvalue weighted by atomic mass is 10.1. The quantitative estimate of drug-likeness (QED) is 0.929. The molecule has 2 rings (SSSR count). The number of para-hydroxylation sites is 1. The first kappa shape index (κ1) is 16.2. The molecule has 1 aromatic heterocycles. The highest BCUT2D eigenvalue weighted by Gasteiger charge is 2.06. The third-order valence-corrected chi connectivity index (χ3v) is 2.67. The van der Waals surface area contributed by atoms with Crippen molar-refractivity contribution in [3.8, 4) is 11.6 Å². The molecule has 0 aliphatic heterocycles. The molecule has 0 saturated carbocycles. The average Bonchev–Trinajstić information content (AvgIpc) is 2.85. The highest BCUT2D eigenvalue weighted by atomic mass is 35.5. The van der Waals surface area contributed by atoms with E-state index in [9.17, 15) is 4.79 Å². The molecule has 0 bridgehead atoms. The van der Waals surface area contributed by atoms with Gasteiger partial charge in [0.15, 0.2) is 0 Å². The second-order valence-electron chi connectivity index (χ2n) is 4.31. The van der Waals surface area contributed by atoms with Gasteiger partial charge in [-0.3, -0.25) is 4.79 Å². The van der Waals surface area contributed by atoms with Crippen molar-refractivity contribution >= 4 is 17.4 Å². The molecule has 0 atom stereocenters. The van der Waals surface area contributed by atoms with E-state index < -0.39 is 0 Å². The first-order valence-corrected chi connectivity index (χ1v) is 6.74. The van der Waals surface area contributed by atoms with Crippen LogP contribution < -0.4 is 4.74 Å². The molecule has 0 radical (unpaired) electrons. The van der Waals surface area contributed by atoms with Crippen molar-refractivity contribution in [1.29, 1.82) is 0 Å². The lowest BCUT2D eigenvalue weighted by molar-refractivity contribution is -0.121. The average molecular weight is 296 g/mol. The summed E-state index contributed by atoms with van der Waals surface area (Å²) in [7, 11) is 0.